The number of hydrogen-bond donors (Lipinski definition) is 1. The highest BCUT2D eigenvalue weighted by atomic mass is 35.5. The number of nitrogens with one attached hydrogen (secondary N) is 1. The summed E-state index contributed by atoms with van der Waals surface area (Å²) < 4.78 is 56.0. The van der Waals surface area contributed by atoms with Gasteiger partial charge in [-0.15, -0.1) is 0 Å². The summed E-state index contributed by atoms with van der Waals surface area (Å²) in [5.74, 6) is -0.633. The zero-order valence-electron chi connectivity index (χ0n) is 15.4. The van der Waals surface area contributed by atoms with E-state index in [0.717, 1.165) is 23.8 Å². The van der Waals surface area contributed by atoms with Crippen molar-refractivity contribution in [3.8, 4) is 0 Å². The van der Waals surface area contributed by atoms with Gasteiger partial charge in [-0.05, 0) is 48.0 Å². The summed E-state index contributed by atoms with van der Waals surface area (Å²) >= 11 is 5.70. The summed E-state index contributed by atoms with van der Waals surface area (Å²) in [6, 6.07) is 12.6. The monoisotopic (exact) mass is 448 g/mol. The van der Waals surface area contributed by atoms with Crippen LogP contribution >= 0.6 is 11.6 Å². The molecule has 4 aromatic rings. The van der Waals surface area contributed by atoms with Crippen LogP contribution in [0.2, 0.25) is 5.02 Å². The van der Waals surface area contributed by atoms with E-state index in [1.807, 2.05) is 0 Å². The van der Waals surface area contributed by atoms with Crippen LogP contribution in [0.5, 0.6) is 0 Å². The number of hydrogen-bond acceptors (Lipinski definition) is 4. The van der Waals surface area contributed by atoms with Gasteiger partial charge in [-0.25, -0.2) is 31.9 Å². The average Bonchev–Trinajstić information content (AvgIpc) is 3.08. The van der Waals surface area contributed by atoms with Gasteiger partial charge in [0.05, 0.1) is 23.0 Å². The van der Waals surface area contributed by atoms with Crippen LogP contribution in [0, 0.1) is 11.6 Å². The highest BCUT2D eigenvalue weighted by Gasteiger charge is 2.19. The van der Waals surface area contributed by atoms with Crippen molar-refractivity contribution in [2.24, 2.45) is 0 Å². The molecule has 0 radical (unpaired) electrons. The van der Waals surface area contributed by atoms with E-state index in [2.05, 4.69) is 14.7 Å². The Balaban J connectivity index is 1.65. The van der Waals surface area contributed by atoms with Crippen LogP contribution in [-0.2, 0) is 23.1 Å². The Morgan fingerprint density at radius 2 is 1.83 bits per heavy atom. The van der Waals surface area contributed by atoms with Crippen LogP contribution in [0.3, 0.4) is 0 Å². The maximum Gasteiger partial charge on any atom is 0.241 e. The van der Waals surface area contributed by atoms with Gasteiger partial charge in [0, 0.05) is 6.20 Å². The first-order chi connectivity index (χ1) is 14.3. The predicted molar refractivity (Wildman–Crippen MR) is 108 cm³/mol. The molecule has 0 amide bonds. The summed E-state index contributed by atoms with van der Waals surface area (Å²) in [5, 5.41) is -0.286. The van der Waals surface area contributed by atoms with Gasteiger partial charge in [-0.2, -0.15) is 0 Å². The summed E-state index contributed by atoms with van der Waals surface area (Å²) in [5.41, 5.74) is 1.97. The molecule has 1 N–H and O–H groups in total. The first-order valence-corrected chi connectivity index (χ1v) is 10.7. The van der Waals surface area contributed by atoms with Gasteiger partial charge in [0.25, 0.3) is 0 Å². The minimum atomic E-state index is -3.95. The lowest BCUT2D eigenvalue weighted by Crippen LogP contribution is -2.25. The lowest BCUT2D eigenvalue weighted by atomic mass is 10.2. The van der Waals surface area contributed by atoms with E-state index in [-0.39, 0.29) is 22.3 Å². The molecule has 2 aromatic heterocycles. The summed E-state index contributed by atoms with van der Waals surface area (Å²) in [6.07, 6.45) is 1.61. The molecule has 4 rings (SSSR count). The van der Waals surface area contributed by atoms with Crippen LogP contribution in [0.25, 0.3) is 11.2 Å². The molecular weight excluding hydrogens is 434 g/mol. The zero-order valence-corrected chi connectivity index (χ0v) is 17.0. The summed E-state index contributed by atoms with van der Waals surface area (Å²) in [4.78, 5) is 8.64. The molecule has 30 heavy (non-hydrogen) atoms. The predicted octanol–water partition coefficient (Wildman–Crippen LogP) is 3.89. The van der Waals surface area contributed by atoms with Gasteiger partial charge in [0.2, 0.25) is 10.0 Å². The molecule has 6 nitrogen and oxygen atoms in total. The van der Waals surface area contributed by atoms with Crippen LogP contribution in [0.1, 0.15) is 11.4 Å². The Hall–Kier alpha value is -2.88. The third-order valence-electron chi connectivity index (χ3n) is 4.46. The molecule has 0 atom stereocenters. The van der Waals surface area contributed by atoms with E-state index in [4.69, 9.17) is 11.6 Å². The molecule has 0 saturated carbocycles. The van der Waals surface area contributed by atoms with Crippen molar-refractivity contribution in [3.63, 3.8) is 0 Å². The molecule has 0 aliphatic rings. The molecule has 0 unspecified atom stereocenters. The molecular formula is C20H15ClF2N4O2S. The third kappa shape index (κ3) is 4.18. The number of aromatic nitrogens is 3. The maximum atomic E-state index is 13.3. The largest absolute Gasteiger partial charge is 0.307 e. The minimum absolute atomic E-state index is 0.130. The minimum Gasteiger partial charge on any atom is -0.307 e. The standard InChI is InChI=1S/C20H15ClF2N4O2S/c21-16-10-15(7-8-17(16)23)30(28,29)25-11-19-26-18-2-1-9-24-20(18)27(19)12-13-3-5-14(22)6-4-13/h1-10,25H,11-12H2. The molecule has 0 bridgehead atoms. The number of imidazole rings is 1. The normalized spacial score (nSPS) is 11.8. The highest BCUT2D eigenvalue weighted by molar-refractivity contribution is 7.89. The average molecular weight is 449 g/mol. The van der Waals surface area contributed by atoms with Crippen LogP contribution in [0.15, 0.2) is 65.7 Å². The van der Waals surface area contributed by atoms with E-state index in [1.54, 1.807) is 35.0 Å². The van der Waals surface area contributed by atoms with Gasteiger partial charge >= 0.3 is 0 Å². The molecule has 10 heteroatoms. The lowest BCUT2D eigenvalue weighted by molar-refractivity contribution is 0.575. The zero-order chi connectivity index (χ0) is 21.3. The van der Waals surface area contributed by atoms with Crippen molar-refractivity contribution in [2.75, 3.05) is 0 Å². The van der Waals surface area contributed by atoms with E-state index in [1.165, 1.54) is 12.1 Å². The number of nitrogens with zero attached hydrogens (tertiary/aromatic N) is 3. The Kier molecular flexibility index (Phi) is 5.50. The molecule has 2 aromatic carbocycles. The molecule has 154 valence electrons. The second-order valence-electron chi connectivity index (χ2n) is 6.49. The number of pyridine rings is 1. The van der Waals surface area contributed by atoms with Gasteiger partial charge in [0.15, 0.2) is 5.65 Å². The smallest absolute Gasteiger partial charge is 0.241 e. The Morgan fingerprint density at radius 3 is 2.57 bits per heavy atom. The number of sulfonamides is 1. The molecule has 0 fully saturated rings. The Bertz CT molecular complexity index is 1320. The van der Waals surface area contributed by atoms with Gasteiger partial charge in [-0.3, -0.25) is 0 Å². The van der Waals surface area contributed by atoms with Crippen molar-refractivity contribution in [1.29, 1.82) is 0 Å². The number of benzene rings is 2. The summed E-state index contributed by atoms with van der Waals surface area (Å²) in [7, 11) is -3.95. The number of fused-ring (bicyclic) bond motifs is 1. The fraction of sp³-hybridized carbons (Fsp3) is 0.100. The highest BCUT2D eigenvalue weighted by Crippen LogP contribution is 2.20. The van der Waals surface area contributed by atoms with E-state index < -0.39 is 15.8 Å². The topological polar surface area (TPSA) is 76.9 Å². The Morgan fingerprint density at radius 1 is 1.07 bits per heavy atom. The van der Waals surface area contributed by atoms with Crippen LogP contribution in [-0.4, -0.2) is 23.0 Å². The van der Waals surface area contributed by atoms with E-state index in [9.17, 15) is 17.2 Å². The third-order valence-corrected chi connectivity index (χ3v) is 6.15. The SMILES string of the molecule is O=S(=O)(NCc1nc2cccnc2n1Cc1ccc(F)cc1)c1ccc(F)c(Cl)c1. The molecule has 0 aliphatic heterocycles. The van der Waals surface area contributed by atoms with Crippen molar-refractivity contribution in [3.05, 3.63) is 88.8 Å². The fourth-order valence-corrected chi connectivity index (χ4v) is 4.22. The molecule has 2 heterocycles. The molecule has 0 saturated heterocycles. The molecule has 0 spiro atoms. The van der Waals surface area contributed by atoms with Gasteiger partial charge < -0.3 is 4.57 Å². The van der Waals surface area contributed by atoms with Crippen molar-refractivity contribution in [1.82, 2.24) is 19.3 Å². The quantitative estimate of drug-likeness (QED) is 0.485. The first kappa shape index (κ1) is 20.4. The maximum absolute atomic E-state index is 13.3. The lowest BCUT2D eigenvalue weighted by Gasteiger charge is -2.11. The van der Waals surface area contributed by atoms with Gasteiger partial charge in [0.1, 0.15) is 23.0 Å². The van der Waals surface area contributed by atoms with Crippen molar-refractivity contribution < 1.29 is 17.2 Å². The summed E-state index contributed by atoms with van der Waals surface area (Å²) in [6.45, 7) is 0.197. The molecule has 0 aliphatic carbocycles. The van der Waals surface area contributed by atoms with E-state index in [0.29, 0.717) is 23.5 Å². The number of halogens is 3. The van der Waals surface area contributed by atoms with Crippen LogP contribution < -0.4 is 4.72 Å². The first-order valence-electron chi connectivity index (χ1n) is 8.83. The van der Waals surface area contributed by atoms with Crippen LogP contribution in [0.4, 0.5) is 8.78 Å². The van der Waals surface area contributed by atoms with Gasteiger partial charge in [-0.1, -0.05) is 23.7 Å². The second kappa shape index (κ2) is 8.10. The fourth-order valence-electron chi connectivity index (χ4n) is 2.97. The van der Waals surface area contributed by atoms with Crippen molar-refractivity contribution in [2.45, 2.75) is 18.0 Å². The Labute approximate surface area is 176 Å². The van der Waals surface area contributed by atoms with Crippen molar-refractivity contribution >= 4 is 32.8 Å². The number of rotatable bonds is 6. The van der Waals surface area contributed by atoms with E-state index >= 15 is 0 Å². The second-order valence-corrected chi connectivity index (χ2v) is 8.66.